The number of hydrazone groups is 1. The molecule has 0 saturated heterocycles. The van der Waals surface area contributed by atoms with E-state index in [0.717, 1.165) is 20.9 Å². The van der Waals surface area contributed by atoms with Crippen molar-refractivity contribution >= 4 is 39.0 Å². The average Bonchev–Trinajstić information content (AvgIpc) is 3.05. The van der Waals surface area contributed by atoms with Crippen LogP contribution in [0.25, 0.3) is 10.9 Å². The number of fused-ring (bicyclic) bond motifs is 1. The maximum Gasteiger partial charge on any atom is 0.244 e. The molecule has 0 fully saturated rings. The zero-order valence-electron chi connectivity index (χ0n) is 14.4. The Kier molecular flexibility index (Phi) is 5.58. The normalized spacial score (nSPS) is 11.0. The highest BCUT2D eigenvalue weighted by Gasteiger charge is 2.09. The summed E-state index contributed by atoms with van der Waals surface area (Å²) in [7, 11) is 3.15. The highest BCUT2D eigenvalue weighted by molar-refractivity contribution is 9.10. The minimum Gasteiger partial charge on any atom is -0.496 e. The number of hydrogen-bond acceptors (Lipinski definition) is 4. The summed E-state index contributed by atoms with van der Waals surface area (Å²) in [6.45, 7) is 0. The fraction of sp³-hybridized carbons (Fsp3) is 0.158. The maximum absolute atomic E-state index is 12.2. The van der Waals surface area contributed by atoms with Crippen molar-refractivity contribution in [3.8, 4) is 11.5 Å². The van der Waals surface area contributed by atoms with Crippen molar-refractivity contribution in [2.45, 2.75) is 6.42 Å². The molecule has 1 heterocycles. The smallest absolute Gasteiger partial charge is 0.244 e. The van der Waals surface area contributed by atoms with Gasteiger partial charge in [0.05, 0.1) is 31.3 Å². The Labute approximate surface area is 159 Å². The van der Waals surface area contributed by atoms with Gasteiger partial charge >= 0.3 is 0 Å². The Balaban J connectivity index is 1.68. The van der Waals surface area contributed by atoms with Gasteiger partial charge in [-0.2, -0.15) is 5.10 Å². The number of ether oxygens (including phenoxy) is 2. The van der Waals surface area contributed by atoms with Gasteiger partial charge in [0, 0.05) is 28.7 Å². The highest BCUT2D eigenvalue weighted by Crippen LogP contribution is 2.31. The number of rotatable bonds is 6. The molecule has 0 atom stereocenters. The van der Waals surface area contributed by atoms with E-state index in [9.17, 15) is 4.79 Å². The van der Waals surface area contributed by atoms with Gasteiger partial charge in [-0.3, -0.25) is 4.79 Å². The van der Waals surface area contributed by atoms with Gasteiger partial charge in [0.2, 0.25) is 5.91 Å². The number of nitrogens with zero attached hydrogens (tertiary/aromatic N) is 1. The van der Waals surface area contributed by atoms with E-state index in [4.69, 9.17) is 9.47 Å². The molecule has 26 heavy (non-hydrogen) atoms. The number of carbonyl (C=O) groups excluding carboxylic acids is 1. The first kappa shape index (κ1) is 18.0. The molecular weight excluding hydrogens is 398 g/mol. The van der Waals surface area contributed by atoms with Crippen LogP contribution >= 0.6 is 15.9 Å². The van der Waals surface area contributed by atoms with Gasteiger partial charge in [-0.15, -0.1) is 0 Å². The summed E-state index contributed by atoms with van der Waals surface area (Å²) < 4.78 is 11.3. The lowest BCUT2D eigenvalue weighted by Crippen LogP contribution is -2.19. The predicted molar refractivity (Wildman–Crippen MR) is 105 cm³/mol. The molecule has 0 aliphatic heterocycles. The summed E-state index contributed by atoms with van der Waals surface area (Å²) in [5.74, 6) is 1.06. The number of hydrogen-bond donors (Lipinski definition) is 2. The molecule has 3 aromatic rings. The lowest BCUT2D eigenvalue weighted by atomic mass is 10.1. The zero-order chi connectivity index (χ0) is 18.5. The molecule has 0 spiro atoms. The van der Waals surface area contributed by atoms with E-state index in [-0.39, 0.29) is 12.3 Å². The molecule has 0 saturated carbocycles. The highest BCUT2D eigenvalue weighted by atomic mass is 79.9. The lowest BCUT2D eigenvalue weighted by Gasteiger charge is -2.09. The van der Waals surface area contributed by atoms with E-state index in [1.165, 1.54) is 6.21 Å². The zero-order valence-corrected chi connectivity index (χ0v) is 16.0. The van der Waals surface area contributed by atoms with E-state index in [2.05, 4.69) is 31.4 Å². The molecule has 0 radical (unpaired) electrons. The summed E-state index contributed by atoms with van der Waals surface area (Å²) in [6, 6.07) is 11.4. The molecule has 0 unspecified atom stereocenters. The van der Waals surface area contributed by atoms with Gasteiger partial charge in [0.25, 0.3) is 0 Å². The minimum absolute atomic E-state index is 0.197. The molecule has 7 heteroatoms. The number of nitrogens with one attached hydrogen (secondary N) is 2. The second kappa shape index (κ2) is 8.05. The van der Waals surface area contributed by atoms with Crippen LogP contribution in [0.3, 0.4) is 0 Å². The average molecular weight is 416 g/mol. The Morgan fingerprint density at radius 1 is 1.23 bits per heavy atom. The first-order valence-electron chi connectivity index (χ1n) is 7.90. The van der Waals surface area contributed by atoms with Crippen LogP contribution in [0.4, 0.5) is 0 Å². The second-order valence-electron chi connectivity index (χ2n) is 5.56. The van der Waals surface area contributed by atoms with Crippen molar-refractivity contribution in [2.24, 2.45) is 5.10 Å². The largest absolute Gasteiger partial charge is 0.496 e. The van der Waals surface area contributed by atoms with Crippen LogP contribution in [0.5, 0.6) is 11.5 Å². The van der Waals surface area contributed by atoms with Crippen LogP contribution in [-0.2, 0) is 11.2 Å². The third-order valence-corrected chi connectivity index (χ3v) is 4.54. The van der Waals surface area contributed by atoms with Crippen LogP contribution in [0, 0.1) is 0 Å². The first-order valence-corrected chi connectivity index (χ1v) is 8.70. The predicted octanol–water partition coefficient (Wildman–Crippen LogP) is 3.64. The van der Waals surface area contributed by atoms with Gasteiger partial charge < -0.3 is 14.5 Å². The SMILES string of the molecule is COc1cc(OC)c(/C=N/NC(=O)Cc2c[nH]c3ccccc23)cc1Br. The Hall–Kier alpha value is -2.80. The molecule has 2 aromatic carbocycles. The molecule has 2 N–H and O–H groups in total. The monoisotopic (exact) mass is 415 g/mol. The Morgan fingerprint density at radius 3 is 2.77 bits per heavy atom. The molecule has 0 aliphatic carbocycles. The molecule has 0 bridgehead atoms. The number of carbonyl (C=O) groups is 1. The molecule has 3 rings (SSSR count). The number of methoxy groups -OCH3 is 2. The summed E-state index contributed by atoms with van der Waals surface area (Å²) in [6.07, 6.45) is 3.62. The van der Waals surface area contributed by atoms with Gasteiger partial charge in [-0.05, 0) is 33.6 Å². The van der Waals surface area contributed by atoms with Crippen molar-refractivity contribution in [3.05, 3.63) is 58.2 Å². The summed E-state index contributed by atoms with van der Waals surface area (Å²) in [5.41, 5.74) is 5.20. The maximum atomic E-state index is 12.2. The van der Waals surface area contributed by atoms with E-state index in [1.54, 1.807) is 20.3 Å². The molecule has 134 valence electrons. The van der Waals surface area contributed by atoms with Crippen molar-refractivity contribution in [3.63, 3.8) is 0 Å². The van der Waals surface area contributed by atoms with E-state index in [1.807, 2.05) is 36.5 Å². The number of halogens is 1. The van der Waals surface area contributed by atoms with Crippen molar-refractivity contribution < 1.29 is 14.3 Å². The minimum atomic E-state index is -0.197. The number of aromatic nitrogens is 1. The van der Waals surface area contributed by atoms with Crippen LogP contribution in [0.1, 0.15) is 11.1 Å². The van der Waals surface area contributed by atoms with Crippen LogP contribution in [0.2, 0.25) is 0 Å². The third kappa shape index (κ3) is 3.88. The van der Waals surface area contributed by atoms with E-state index >= 15 is 0 Å². The fourth-order valence-electron chi connectivity index (χ4n) is 2.65. The second-order valence-corrected chi connectivity index (χ2v) is 6.41. The van der Waals surface area contributed by atoms with Crippen molar-refractivity contribution in [1.29, 1.82) is 0 Å². The summed E-state index contributed by atoms with van der Waals surface area (Å²) in [4.78, 5) is 15.3. The number of aromatic amines is 1. The van der Waals surface area contributed by atoms with Crippen LogP contribution in [-0.4, -0.2) is 31.3 Å². The first-order chi connectivity index (χ1) is 12.6. The molecular formula is C19H18BrN3O3. The van der Waals surface area contributed by atoms with Crippen molar-refractivity contribution in [1.82, 2.24) is 10.4 Å². The third-order valence-electron chi connectivity index (χ3n) is 3.92. The summed E-state index contributed by atoms with van der Waals surface area (Å²) >= 11 is 3.42. The number of para-hydroxylation sites is 1. The quantitative estimate of drug-likeness (QED) is 0.476. The molecule has 6 nitrogen and oxygen atoms in total. The number of benzene rings is 2. The molecule has 1 aromatic heterocycles. The van der Waals surface area contributed by atoms with Gasteiger partial charge in [0.1, 0.15) is 11.5 Å². The standard InChI is InChI=1S/C19H18BrN3O3/c1-25-17-9-18(26-2)15(20)7-13(17)11-22-23-19(24)8-12-10-21-16-6-4-3-5-14(12)16/h3-7,9-11,21H,8H2,1-2H3,(H,23,24)/b22-11+. The topological polar surface area (TPSA) is 75.7 Å². The van der Waals surface area contributed by atoms with Crippen LogP contribution in [0.15, 0.2) is 52.2 Å². The van der Waals surface area contributed by atoms with Gasteiger partial charge in [-0.25, -0.2) is 5.43 Å². The van der Waals surface area contributed by atoms with E-state index < -0.39 is 0 Å². The van der Waals surface area contributed by atoms with Gasteiger partial charge in [0.15, 0.2) is 0 Å². The molecule has 1 amide bonds. The van der Waals surface area contributed by atoms with Crippen LogP contribution < -0.4 is 14.9 Å². The fourth-order valence-corrected chi connectivity index (χ4v) is 3.17. The van der Waals surface area contributed by atoms with E-state index in [0.29, 0.717) is 17.1 Å². The number of amides is 1. The summed E-state index contributed by atoms with van der Waals surface area (Å²) in [5, 5.41) is 5.07. The lowest BCUT2D eigenvalue weighted by molar-refractivity contribution is -0.120. The van der Waals surface area contributed by atoms with Gasteiger partial charge in [-0.1, -0.05) is 18.2 Å². The number of H-pyrrole nitrogens is 1. The Morgan fingerprint density at radius 2 is 2.00 bits per heavy atom. The Bertz CT molecular complexity index is 966. The molecule has 0 aliphatic rings. The van der Waals surface area contributed by atoms with Crippen molar-refractivity contribution in [2.75, 3.05) is 14.2 Å².